The van der Waals surface area contributed by atoms with Gasteiger partial charge in [-0.2, -0.15) is 0 Å². The van der Waals surface area contributed by atoms with Crippen molar-refractivity contribution in [1.29, 1.82) is 0 Å². The largest absolute Gasteiger partial charge is 0.241 e. The lowest BCUT2D eigenvalue weighted by molar-refractivity contribution is 0.319. The predicted octanol–water partition coefficient (Wildman–Crippen LogP) is 3.48. The Morgan fingerprint density at radius 1 is 1.50 bits per heavy atom. The van der Waals surface area contributed by atoms with E-state index >= 15 is 0 Å². The molecule has 0 amide bonds. The lowest BCUT2D eigenvalue weighted by atomic mass is 9.73. The highest BCUT2D eigenvalue weighted by Gasteiger charge is 2.18. The molecule has 0 aromatic rings. The standard InChI is InChI=1S/C8H17BCl/c1-5-8(3,4)6-7(2)9-10/h7H,5-6H2,1-4H3. The van der Waals surface area contributed by atoms with Crippen LogP contribution in [-0.4, -0.2) is 6.69 Å². The van der Waals surface area contributed by atoms with Crippen LogP contribution in [0.3, 0.4) is 0 Å². The molecule has 1 unspecified atom stereocenters. The van der Waals surface area contributed by atoms with E-state index in [-0.39, 0.29) is 0 Å². The van der Waals surface area contributed by atoms with Crippen LogP contribution >= 0.6 is 11.5 Å². The van der Waals surface area contributed by atoms with Gasteiger partial charge in [0.25, 0.3) is 0 Å². The summed E-state index contributed by atoms with van der Waals surface area (Å²) in [5.74, 6) is 0.539. The highest BCUT2D eigenvalue weighted by Crippen LogP contribution is 2.31. The Morgan fingerprint density at radius 3 is 2.30 bits per heavy atom. The van der Waals surface area contributed by atoms with Gasteiger partial charge in [-0.3, -0.25) is 0 Å². The summed E-state index contributed by atoms with van der Waals surface area (Å²) in [4.78, 5) is 0. The second kappa shape index (κ2) is 4.28. The Balaban J connectivity index is 3.64. The Bertz CT molecular complexity index is 91.3. The summed E-state index contributed by atoms with van der Waals surface area (Å²) in [7, 11) is 0. The van der Waals surface area contributed by atoms with Crippen molar-refractivity contribution < 1.29 is 0 Å². The molecule has 1 atom stereocenters. The summed E-state index contributed by atoms with van der Waals surface area (Å²) >= 11 is 5.59. The van der Waals surface area contributed by atoms with Gasteiger partial charge in [0.2, 0.25) is 6.69 Å². The quantitative estimate of drug-likeness (QED) is 0.551. The fraction of sp³-hybridized carbons (Fsp3) is 1.00. The fourth-order valence-electron chi connectivity index (χ4n) is 1.06. The van der Waals surface area contributed by atoms with E-state index in [4.69, 9.17) is 11.5 Å². The Morgan fingerprint density at radius 2 is 2.00 bits per heavy atom. The van der Waals surface area contributed by atoms with Crippen molar-refractivity contribution in [1.82, 2.24) is 0 Å². The van der Waals surface area contributed by atoms with Gasteiger partial charge in [-0.25, -0.2) is 11.5 Å². The van der Waals surface area contributed by atoms with Gasteiger partial charge in [0.1, 0.15) is 0 Å². The van der Waals surface area contributed by atoms with E-state index < -0.39 is 0 Å². The maximum absolute atomic E-state index is 5.59. The summed E-state index contributed by atoms with van der Waals surface area (Å²) in [6.45, 7) is 10.7. The third-order valence-corrected chi connectivity index (χ3v) is 2.48. The molecule has 0 aromatic heterocycles. The van der Waals surface area contributed by atoms with E-state index in [1.165, 1.54) is 12.8 Å². The molecule has 1 radical (unpaired) electrons. The highest BCUT2D eigenvalue weighted by molar-refractivity contribution is 6.94. The summed E-state index contributed by atoms with van der Waals surface area (Å²) in [6, 6.07) is 0. The van der Waals surface area contributed by atoms with Gasteiger partial charge < -0.3 is 0 Å². The minimum Gasteiger partial charge on any atom is -0.204 e. The molecule has 0 N–H and O–H groups in total. The van der Waals surface area contributed by atoms with Crippen molar-refractivity contribution >= 4 is 18.2 Å². The summed E-state index contributed by atoms with van der Waals surface area (Å²) < 4.78 is 0. The van der Waals surface area contributed by atoms with Crippen LogP contribution in [0.25, 0.3) is 0 Å². The first-order valence-electron chi connectivity index (χ1n) is 3.95. The van der Waals surface area contributed by atoms with Crippen LogP contribution in [0.4, 0.5) is 0 Å². The minimum absolute atomic E-state index is 0.449. The molecule has 0 saturated heterocycles. The van der Waals surface area contributed by atoms with Gasteiger partial charge >= 0.3 is 0 Å². The zero-order valence-electron chi connectivity index (χ0n) is 7.45. The highest BCUT2D eigenvalue weighted by atomic mass is 35.5. The van der Waals surface area contributed by atoms with E-state index in [0.717, 1.165) is 0 Å². The molecule has 59 valence electrons. The van der Waals surface area contributed by atoms with E-state index in [9.17, 15) is 0 Å². The molecule has 0 aliphatic heterocycles. The third kappa shape index (κ3) is 4.22. The van der Waals surface area contributed by atoms with Crippen molar-refractivity contribution in [3.05, 3.63) is 0 Å². The zero-order chi connectivity index (χ0) is 8.20. The van der Waals surface area contributed by atoms with E-state index in [2.05, 4.69) is 27.7 Å². The molecule has 2 heteroatoms. The van der Waals surface area contributed by atoms with Crippen molar-refractivity contribution in [3.8, 4) is 0 Å². The van der Waals surface area contributed by atoms with Crippen LogP contribution in [0.2, 0.25) is 5.82 Å². The van der Waals surface area contributed by atoms with Crippen LogP contribution < -0.4 is 0 Å². The molecule has 0 aliphatic rings. The average molecular weight is 159 g/mol. The second-order valence-corrected chi connectivity index (χ2v) is 4.08. The first-order valence-corrected chi connectivity index (χ1v) is 4.39. The van der Waals surface area contributed by atoms with Crippen LogP contribution in [-0.2, 0) is 0 Å². The van der Waals surface area contributed by atoms with Crippen molar-refractivity contribution in [2.75, 3.05) is 0 Å². The van der Waals surface area contributed by atoms with Crippen molar-refractivity contribution in [3.63, 3.8) is 0 Å². The van der Waals surface area contributed by atoms with Gasteiger partial charge in [-0.05, 0) is 5.41 Å². The Hall–Kier alpha value is 0.355. The van der Waals surface area contributed by atoms with Crippen LogP contribution in [0.5, 0.6) is 0 Å². The molecule has 0 aromatic carbocycles. The van der Waals surface area contributed by atoms with E-state index in [1.54, 1.807) is 6.69 Å². The molecular formula is C8H17BCl. The molecule has 0 spiro atoms. The summed E-state index contributed by atoms with van der Waals surface area (Å²) in [6.07, 6.45) is 2.41. The Kier molecular flexibility index (Phi) is 4.43. The van der Waals surface area contributed by atoms with Crippen LogP contribution in [0.1, 0.15) is 40.5 Å². The van der Waals surface area contributed by atoms with E-state index in [0.29, 0.717) is 11.2 Å². The molecule has 0 saturated carbocycles. The summed E-state index contributed by atoms with van der Waals surface area (Å²) in [5.41, 5.74) is 0.449. The van der Waals surface area contributed by atoms with Crippen molar-refractivity contribution in [2.24, 2.45) is 5.41 Å². The molecule has 0 nitrogen and oxygen atoms in total. The lowest BCUT2D eigenvalue weighted by Crippen LogP contribution is -2.13. The minimum atomic E-state index is 0.449. The number of halogens is 1. The van der Waals surface area contributed by atoms with Crippen LogP contribution in [0.15, 0.2) is 0 Å². The smallest absolute Gasteiger partial charge is 0.204 e. The first-order chi connectivity index (χ1) is 4.52. The van der Waals surface area contributed by atoms with Gasteiger partial charge in [0.15, 0.2) is 0 Å². The Labute approximate surface area is 70.5 Å². The second-order valence-electron chi connectivity index (χ2n) is 3.83. The summed E-state index contributed by atoms with van der Waals surface area (Å²) in [5, 5.41) is 0. The van der Waals surface area contributed by atoms with Gasteiger partial charge in [-0.1, -0.05) is 46.4 Å². The molecular weight excluding hydrogens is 142 g/mol. The number of rotatable bonds is 4. The molecule has 0 fully saturated rings. The fourth-order valence-corrected chi connectivity index (χ4v) is 1.15. The molecule has 0 aliphatic carbocycles. The molecule has 0 heterocycles. The first kappa shape index (κ1) is 10.4. The van der Waals surface area contributed by atoms with Gasteiger partial charge in [-0.15, -0.1) is 0 Å². The SMILES string of the molecule is CCC(C)(C)CC(C)[B]Cl. The maximum Gasteiger partial charge on any atom is 0.241 e. The predicted molar refractivity (Wildman–Crippen MR) is 49.7 cm³/mol. The monoisotopic (exact) mass is 159 g/mol. The zero-order valence-corrected chi connectivity index (χ0v) is 8.20. The van der Waals surface area contributed by atoms with Crippen LogP contribution in [0, 0.1) is 5.41 Å². The lowest BCUT2D eigenvalue weighted by Gasteiger charge is -2.25. The number of hydrogen-bond donors (Lipinski definition) is 0. The van der Waals surface area contributed by atoms with E-state index in [1.807, 2.05) is 0 Å². The van der Waals surface area contributed by atoms with Gasteiger partial charge in [0.05, 0.1) is 0 Å². The average Bonchev–Trinajstić information content (AvgIpc) is 1.87. The normalized spacial score (nSPS) is 14.9. The third-order valence-electron chi connectivity index (χ3n) is 2.05. The number of hydrogen-bond acceptors (Lipinski definition) is 0. The molecule has 0 bridgehead atoms. The molecule has 10 heavy (non-hydrogen) atoms. The maximum atomic E-state index is 5.59. The van der Waals surface area contributed by atoms with Gasteiger partial charge in [0, 0.05) is 0 Å². The van der Waals surface area contributed by atoms with Crippen molar-refractivity contribution in [2.45, 2.75) is 46.4 Å². The molecule has 0 rings (SSSR count). The topological polar surface area (TPSA) is 0 Å².